The van der Waals surface area contributed by atoms with E-state index in [1.165, 1.54) is 44.9 Å². The largest absolute Gasteiger partial charge is 0.371 e. The molecule has 4 aromatic rings. The molecule has 0 unspecified atom stereocenters. The zero-order valence-electron chi connectivity index (χ0n) is 24.5. The molecule has 0 saturated carbocycles. The molecule has 0 radical (unpaired) electrons. The molecule has 0 bridgehead atoms. The maximum absolute atomic E-state index is 2.52. The standard InChI is InChI=1S/C34H43N4/c1-23(2)27-16-14-17-28(24(3)4)32(27)38-31-20-13-12-19-30(31)35(9)33(38)36-21-22-37(26(36)6)34(7,8)29-18-11-10-15-25(29)5/h10-24,26H,1-9H3/q+1/t26-/m1/s1. The highest BCUT2D eigenvalue weighted by molar-refractivity contribution is 5.79. The van der Waals surface area contributed by atoms with Gasteiger partial charge in [0.15, 0.2) is 6.17 Å². The average Bonchev–Trinajstić information content (AvgIpc) is 3.40. The summed E-state index contributed by atoms with van der Waals surface area (Å²) in [7, 11) is 2.21. The van der Waals surface area contributed by atoms with Gasteiger partial charge in [-0.1, -0.05) is 82.3 Å². The molecular formula is C34H43N4+. The first-order valence-electron chi connectivity index (χ1n) is 14.0. The molecule has 4 nitrogen and oxygen atoms in total. The molecule has 0 amide bonds. The number of para-hydroxylation sites is 3. The summed E-state index contributed by atoms with van der Waals surface area (Å²) < 4.78 is 4.88. The molecule has 0 saturated heterocycles. The number of nitrogens with zero attached hydrogens (tertiary/aromatic N) is 4. The van der Waals surface area contributed by atoms with Crippen LogP contribution in [0.1, 0.15) is 82.6 Å². The number of aromatic nitrogens is 2. The van der Waals surface area contributed by atoms with E-state index in [4.69, 9.17) is 0 Å². The normalized spacial score (nSPS) is 16.0. The van der Waals surface area contributed by atoms with Crippen molar-refractivity contribution in [2.45, 2.75) is 78.9 Å². The topological polar surface area (TPSA) is 15.3 Å². The Hall–Kier alpha value is -3.53. The van der Waals surface area contributed by atoms with Gasteiger partial charge >= 0.3 is 5.95 Å². The van der Waals surface area contributed by atoms with Gasteiger partial charge in [-0.2, -0.15) is 4.57 Å². The third kappa shape index (κ3) is 4.02. The van der Waals surface area contributed by atoms with Crippen LogP contribution in [0.2, 0.25) is 0 Å². The summed E-state index contributed by atoms with van der Waals surface area (Å²) in [4.78, 5) is 4.94. The molecule has 0 N–H and O–H groups in total. The summed E-state index contributed by atoms with van der Waals surface area (Å²) in [5, 5.41) is 0. The number of imidazole rings is 1. The SMILES string of the molecule is Cc1ccccc1C(C)(C)N1C=CN(c2n(-c3c(C(C)C)cccc3C(C)C)c3ccccc3[n+]2C)[C@H]1C. The van der Waals surface area contributed by atoms with E-state index in [-0.39, 0.29) is 11.7 Å². The number of benzene rings is 3. The first kappa shape index (κ1) is 26.1. The Labute approximate surface area is 228 Å². The maximum atomic E-state index is 2.52. The Morgan fingerprint density at radius 1 is 0.789 bits per heavy atom. The molecule has 38 heavy (non-hydrogen) atoms. The summed E-state index contributed by atoms with van der Waals surface area (Å²) in [5.41, 5.74) is 9.06. The summed E-state index contributed by atoms with van der Waals surface area (Å²) in [6, 6.07) is 24.4. The molecule has 1 aliphatic rings. The van der Waals surface area contributed by atoms with Gasteiger partial charge in [0.1, 0.15) is 16.7 Å². The quantitative estimate of drug-likeness (QED) is 0.247. The van der Waals surface area contributed by atoms with Crippen molar-refractivity contribution in [2.75, 3.05) is 4.90 Å². The molecule has 5 rings (SSSR count). The zero-order valence-corrected chi connectivity index (χ0v) is 24.5. The zero-order chi connectivity index (χ0) is 27.4. The molecule has 1 aliphatic heterocycles. The molecule has 1 atom stereocenters. The van der Waals surface area contributed by atoms with Crippen LogP contribution in [0, 0.1) is 6.92 Å². The van der Waals surface area contributed by atoms with E-state index in [1.807, 2.05) is 0 Å². The maximum Gasteiger partial charge on any atom is 0.371 e. The third-order valence-electron chi connectivity index (χ3n) is 8.42. The van der Waals surface area contributed by atoms with Crippen molar-refractivity contribution in [3.05, 3.63) is 101 Å². The Morgan fingerprint density at radius 2 is 1.39 bits per heavy atom. The van der Waals surface area contributed by atoms with Gasteiger partial charge in [-0.05, 0) is 73.9 Å². The van der Waals surface area contributed by atoms with Gasteiger partial charge < -0.3 is 4.90 Å². The fraction of sp³-hybridized carbons (Fsp3) is 0.382. The van der Waals surface area contributed by atoms with Crippen LogP contribution in [0.5, 0.6) is 0 Å². The second-order valence-corrected chi connectivity index (χ2v) is 11.9. The summed E-state index contributed by atoms with van der Waals surface area (Å²) in [5.74, 6) is 1.99. The van der Waals surface area contributed by atoms with Crippen LogP contribution in [0.25, 0.3) is 16.7 Å². The molecule has 2 heterocycles. The molecule has 0 spiro atoms. The lowest BCUT2D eigenvalue weighted by atomic mass is 9.88. The van der Waals surface area contributed by atoms with Gasteiger partial charge in [-0.25, -0.2) is 9.47 Å². The van der Waals surface area contributed by atoms with E-state index in [0.29, 0.717) is 11.8 Å². The lowest BCUT2D eigenvalue weighted by Crippen LogP contribution is -2.49. The summed E-state index contributed by atoms with van der Waals surface area (Å²) in [6.07, 6.45) is 4.67. The molecule has 0 fully saturated rings. The van der Waals surface area contributed by atoms with Crippen molar-refractivity contribution >= 4 is 17.0 Å². The van der Waals surface area contributed by atoms with Crippen molar-refractivity contribution in [1.82, 2.24) is 9.47 Å². The second-order valence-electron chi connectivity index (χ2n) is 11.9. The molecule has 0 aliphatic carbocycles. The van der Waals surface area contributed by atoms with Crippen molar-refractivity contribution in [2.24, 2.45) is 7.05 Å². The Kier molecular flexibility index (Phi) is 6.63. The van der Waals surface area contributed by atoms with Crippen LogP contribution in [-0.2, 0) is 12.6 Å². The van der Waals surface area contributed by atoms with Crippen LogP contribution in [0.4, 0.5) is 5.95 Å². The van der Waals surface area contributed by atoms with Crippen molar-refractivity contribution in [3.63, 3.8) is 0 Å². The minimum atomic E-state index is -0.162. The van der Waals surface area contributed by atoms with Gasteiger partial charge in [0.05, 0.1) is 18.8 Å². The molecule has 3 aromatic carbocycles. The van der Waals surface area contributed by atoms with Crippen LogP contribution >= 0.6 is 0 Å². The van der Waals surface area contributed by atoms with E-state index < -0.39 is 0 Å². The molecule has 4 heteroatoms. The van der Waals surface area contributed by atoms with Crippen molar-refractivity contribution < 1.29 is 4.57 Å². The van der Waals surface area contributed by atoms with Gasteiger partial charge in [-0.3, -0.25) is 0 Å². The van der Waals surface area contributed by atoms with E-state index in [0.717, 1.165) is 0 Å². The summed E-state index contributed by atoms with van der Waals surface area (Å²) >= 11 is 0. The van der Waals surface area contributed by atoms with E-state index >= 15 is 0 Å². The molecule has 1 aromatic heterocycles. The highest BCUT2D eigenvalue weighted by atomic mass is 15.5. The fourth-order valence-corrected chi connectivity index (χ4v) is 6.39. The van der Waals surface area contributed by atoms with Crippen LogP contribution in [0.15, 0.2) is 79.1 Å². The van der Waals surface area contributed by atoms with Gasteiger partial charge in [0, 0.05) is 6.20 Å². The summed E-state index contributed by atoms with van der Waals surface area (Å²) in [6.45, 7) is 18.4. The monoisotopic (exact) mass is 507 g/mol. The van der Waals surface area contributed by atoms with Crippen LogP contribution in [0.3, 0.4) is 0 Å². The average molecular weight is 508 g/mol. The highest BCUT2D eigenvalue weighted by Crippen LogP contribution is 2.40. The lowest BCUT2D eigenvalue weighted by Gasteiger charge is -2.40. The van der Waals surface area contributed by atoms with Crippen LogP contribution < -0.4 is 9.47 Å². The number of fused-ring (bicyclic) bond motifs is 1. The lowest BCUT2D eigenvalue weighted by molar-refractivity contribution is -0.632. The Morgan fingerprint density at radius 3 is 2.03 bits per heavy atom. The first-order chi connectivity index (χ1) is 18.1. The number of hydrogen-bond donors (Lipinski definition) is 0. The number of anilines is 1. The fourth-order valence-electron chi connectivity index (χ4n) is 6.39. The predicted molar refractivity (Wildman–Crippen MR) is 160 cm³/mol. The Bertz CT molecular complexity index is 1480. The van der Waals surface area contributed by atoms with Gasteiger partial charge in [-0.15, -0.1) is 0 Å². The van der Waals surface area contributed by atoms with Crippen molar-refractivity contribution in [1.29, 1.82) is 0 Å². The molecule has 198 valence electrons. The van der Waals surface area contributed by atoms with E-state index in [1.54, 1.807) is 0 Å². The second kappa shape index (κ2) is 9.65. The minimum absolute atomic E-state index is 0.132. The van der Waals surface area contributed by atoms with Gasteiger partial charge in [0.25, 0.3) is 0 Å². The van der Waals surface area contributed by atoms with Gasteiger partial charge in [0.2, 0.25) is 0 Å². The third-order valence-corrected chi connectivity index (χ3v) is 8.42. The van der Waals surface area contributed by atoms with E-state index in [9.17, 15) is 0 Å². The number of hydrogen-bond acceptors (Lipinski definition) is 2. The highest BCUT2D eigenvalue weighted by Gasteiger charge is 2.42. The number of rotatable bonds is 6. The first-order valence-corrected chi connectivity index (χ1v) is 14.0. The predicted octanol–water partition coefficient (Wildman–Crippen LogP) is 7.88. The Balaban J connectivity index is 1.73. The smallest absolute Gasteiger partial charge is 0.334 e. The number of aryl methyl sites for hydroxylation is 2. The van der Waals surface area contributed by atoms with E-state index in [2.05, 4.69) is 161 Å². The van der Waals surface area contributed by atoms with Crippen LogP contribution in [-0.4, -0.2) is 15.6 Å². The minimum Gasteiger partial charge on any atom is -0.334 e. The van der Waals surface area contributed by atoms with Crippen molar-refractivity contribution in [3.8, 4) is 5.69 Å². The molecular weight excluding hydrogens is 464 g/mol.